The molecule has 0 saturated heterocycles. The van der Waals surface area contributed by atoms with Crippen LogP contribution in [0.2, 0.25) is 0 Å². The topological polar surface area (TPSA) is 51.2 Å². The Balaban J connectivity index is 2.35. The third kappa shape index (κ3) is 1.88. The molecular formula is C12H16N2O2. The van der Waals surface area contributed by atoms with Crippen molar-refractivity contribution in [1.82, 2.24) is 9.78 Å². The van der Waals surface area contributed by atoms with Gasteiger partial charge in [-0.15, -0.1) is 0 Å². The number of nitrogens with zero attached hydrogens (tertiary/aromatic N) is 2. The Hall–Kier alpha value is -1.55. The molecule has 2 aromatic rings. The summed E-state index contributed by atoms with van der Waals surface area (Å²) in [5.41, 5.74) is 1.89. The molecule has 0 amide bonds. The predicted molar refractivity (Wildman–Crippen MR) is 60.9 cm³/mol. The van der Waals surface area contributed by atoms with Gasteiger partial charge in [-0.25, -0.2) is 0 Å². The molecule has 0 bridgehead atoms. The highest BCUT2D eigenvalue weighted by Gasteiger charge is 2.14. The van der Waals surface area contributed by atoms with Crippen molar-refractivity contribution in [2.24, 2.45) is 7.05 Å². The van der Waals surface area contributed by atoms with Crippen molar-refractivity contribution < 1.29 is 9.52 Å². The smallest absolute Gasteiger partial charge is 0.137 e. The Morgan fingerprint density at radius 3 is 2.81 bits per heavy atom. The molecule has 16 heavy (non-hydrogen) atoms. The van der Waals surface area contributed by atoms with Crippen LogP contribution < -0.4 is 0 Å². The fourth-order valence-corrected chi connectivity index (χ4v) is 1.72. The number of aliphatic hydroxyl groups is 1. The van der Waals surface area contributed by atoms with Crippen molar-refractivity contribution in [3.8, 4) is 11.3 Å². The first-order valence-electron chi connectivity index (χ1n) is 5.40. The number of furan rings is 1. The van der Waals surface area contributed by atoms with E-state index in [2.05, 4.69) is 5.10 Å². The van der Waals surface area contributed by atoms with E-state index in [1.165, 1.54) is 0 Å². The number of rotatable bonds is 3. The van der Waals surface area contributed by atoms with Crippen molar-refractivity contribution in [3.63, 3.8) is 0 Å². The van der Waals surface area contributed by atoms with Crippen LogP contribution in [-0.2, 0) is 7.05 Å². The first-order chi connectivity index (χ1) is 7.61. The van der Waals surface area contributed by atoms with Crippen LogP contribution in [0.3, 0.4) is 0 Å². The molecular weight excluding hydrogens is 204 g/mol. The molecule has 0 radical (unpaired) electrons. The molecule has 1 N–H and O–H groups in total. The van der Waals surface area contributed by atoms with Gasteiger partial charge in [0.2, 0.25) is 0 Å². The maximum atomic E-state index is 9.65. The Morgan fingerprint density at radius 2 is 2.25 bits per heavy atom. The Morgan fingerprint density at radius 1 is 1.50 bits per heavy atom. The normalized spacial score (nSPS) is 13.0. The highest BCUT2D eigenvalue weighted by atomic mass is 16.4. The number of aryl methyl sites for hydroxylation is 2. The largest absolute Gasteiger partial charge is 0.458 e. The summed E-state index contributed by atoms with van der Waals surface area (Å²) < 4.78 is 7.37. The summed E-state index contributed by atoms with van der Waals surface area (Å²) in [6.45, 7) is 3.86. The second-order valence-corrected chi connectivity index (χ2v) is 3.93. The summed E-state index contributed by atoms with van der Waals surface area (Å²) in [5, 5.41) is 13.9. The quantitative estimate of drug-likeness (QED) is 0.864. The monoisotopic (exact) mass is 220 g/mol. The van der Waals surface area contributed by atoms with Crippen LogP contribution in [0.4, 0.5) is 0 Å². The van der Waals surface area contributed by atoms with Crippen LogP contribution in [-0.4, -0.2) is 14.9 Å². The van der Waals surface area contributed by atoms with Gasteiger partial charge in [0.05, 0.1) is 11.3 Å². The first kappa shape index (κ1) is 11.0. The van der Waals surface area contributed by atoms with E-state index in [4.69, 9.17) is 4.42 Å². The molecule has 1 unspecified atom stereocenters. The van der Waals surface area contributed by atoms with E-state index in [9.17, 15) is 5.11 Å². The van der Waals surface area contributed by atoms with Gasteiger partial charge in [0.15, 0.2) is 0 Å². The predicted octanol–water partition coefficient (Wildman–Crippen LogP) is 2.43. The van der Waals surface area contributed by atoms with Gasteiger partial charge in [-0.3, -0.25) is 4.68 Å². The average molecular weight is 220 g/mol. The molecule has 2 rings (SSSR count). The summed E-state index contributed by atoms with van der Waals surface area (Å²) in [6.07, 6.45) is 2.04. The Labute approximate surface area is 94.5 Å². The second kappa shape index (κ2) is 4.14. The fraction of sp³-hybridized carbons (Fsp3) is 0.417. The molecule has 0 saturated carbocycles. The van der Waals surface area contributed by atoms with Gasteiger partial charge in [-0.1, -0.05) is 6.92 Å². The van der Waals surface area contributed by atoms with Crippen molar-refractivity contribution in [2.75, 3.05) is 0 Å². The van der Waals surface area contributed by atoms with Crippen LogP contribution >= 0.6 is 0 Å². The molecule has 2 heterocycles. The van der Waals surface area contributed by atoms with Crippen LogP contribution in [0.1, 0.15) is 30.9 Å². The molecule has 4 heteroatoms. The van der Waals surface area contributed by atoms with Gasteiger partial charge in [0, 0.05) is 13.2 Å². The molecule has 2 aromatic heterocycles. The molecule has 86 valence electrons. The van der Waals surface area contributed by atoms with E-state index in [0.29, 0.717) is 12.2 Å². The zero-order valence-corrected chi connectivity index (χ0v) is 9.77. The molecule has 4 nitrogen and oxygen atoms in total. The maximum absolute atomic E-state index is 9.65. The molecule has 0 fully saturated rings. The zero-order valence-electron chi connectivity index (χ0n) is 9.77. The lowest BCUT2D eigenvalue weighted by Gasteiger charge is -2.02. The third-order valence-corrected chi connectivity index (χ3v) is 2.62. The molecule has 0 aromatic carbocycles. The molecule has 0 aliphatic heterocycles. The fourth-order valence-electron chi connectivity index (χ4n) is 1.72. The van der Waals surface area contributed by atoms with Crippen molar-refractivity contribution >= 4 is 0 Å². The lowest BCUT2D eigenvalue weighted by atomic mass is 10.2. The molecule has 0 aliphatic carbocycles. The van der Waals surface area contributed by atoms with Gasteiger partial charge in [0.1, 0.15) is 17.6 Å². The summed E-state index contributed by atoms with van der Waals surface area (Å²) in [6, 6.07) is 3.69. The van der Waals surface area contributed by atoms with Gasteiger partial charge >= 0.3 is 0 Å². The minimum atomic E-state index is -0.522. The van der Waals surface area contributed by atoms with Crippen LogP contribution in [0.5, 0.6) is 0 Å². The number of hydrogen-bond acceptors (Lipinski definition) is 3. The van der Waals surface area contributed by atoms with Crippen molar-refractivity contribution in [1.29, 1.82) is 0 Å². The Bertz CT molecular complexity index is 485. The first-order valence-corrected chi connectivity index (χ1v) is 5.40. The number of hydrogen-bond donors (Lipinski definition) is 1. The average Bonchev–Trinajstić information content (AvgIpc) is 2.83. The maximum Gasteiger partial charge on any atom is 0.137 e. The third-order valence-electron chi connectivity index (χ3n) is 2.62. The molecule has 1 atom stereocenters. The van der Waals surface area contributed by atoms with E-state index < -0.39 is 6.10 Å². The summed E-state index contributed by atoms with van der Waals surface area (Å²) in [5.74, 6) is 1.37. The molecule has 0 spiro atoms. The minimum Gasteiger partial charge on any atom is -0.458 e. The highest BCUT2D eigenvalue weighted by molar-refractivity contribution is 5.59. The van der Waals surface area contributed by atoms with Crippen LogP contribution in [0, 0.1) is 6.92 Å². The van der Waals surface area contributed by atoms with Gasteiger partial charge in [-0.2, -0.15) is 5.10 Å². The van der Waals surface area contributed by atoms with Crippen molar-refractivity contribution in [2.45, 2.75) is 26.4 Å². The van der Waals surface area contributed by atoms with E-state index >= 15 is 0 Å². The van der Waals surface area contributed by atoms with Gasteiger partial charge in [0.25, 0.3) is 0 Å². The lowest BCUT2D eigenvalue weighted by Crippen LogP contribution is -1.91. The zero-order chi connectivity index (χ0) is 11.7. The lowest BCUT2D eigenvalue weighted by molar-refractivity contribution is 0.147. The van der Waals surface area contributed by atoms with Crippen LogP contribution in [0.15, 0.2) is 22.7 Å². The number of aromatic nitrogens is 2. The SMILES string of the molecule is CCC(O)c1ccc(-c2cn(C)nc2C)o1. The van der Waals surface area contributed by atoms with Crippen LogP contribution in [0.25, 0.3) is 11.3 Å². The second-order valence-electron chi connectivity index (χ2n) is 3.93. The van der Waals surface area contributed by atoms with E-state index in [0.717, 1.165) is 17.0 Å². The minimum absolute atomic E-state index is 0.522. The van der Waals surface area contributed by atoms with E-state index in [1.54, 1.807) is 4.68 Å². The standard InChI is InChI=1S/C12H16N2O2/c1-4-10(15)12-6-5-11(16-12)9-7-14(3)13-8(9)2/h5-7,10,15H,4H2,1-3H3. The van der Waals surface area contributed by atoms with Gasteiger partial charge < -0.3 is 9.52 Å². The van der Waals surface area contributed by atoms with E-state index in [-0.39, 0.29) is 0 Å². The van der Waals surface area contributed by atoms with E-state index in [1.807, 2.05) is 39.2 Å². The highest BCUT2D eigenvalue weighted by Crippen LogP contribution is 2.28. The summed E-state index contributed by atoms with van der Waals surface area (Å²) in [4.78, 5) is 0. The van der Waals surface area contributed by atoms with Gasteiger partial charge in [-0.05, 0) is 25.5 Å². The summed E-state index contributed by atoms with van der Waals surface area (Å²) in [7, 11) is 1.88. The molecule has 0 aliphatic rings. The summed E-state index contributed by atoms with van der Waals surface area (Å²) >= 11 is 0. The van der Waals surface area contributed by atoms with Crippen molar-refractivity contribution in [3.05, 3.63) is 29.8 Å². The Kier molecular flexibility index (Phi) is 2.83. The number of aliphatic hydroxyl groups excluding tert-OH is 1.